The molecule has 2 amide bonds. The Morgan fingerprint density at radius 1 is 1.29 bits per heavy atom. The van der Waals surface area contributed by atoms with Crippen molar-refractivity contribution in [1.82, 2.24) is 10.2 Å². The molecule has 0 spiro atoms. The second-order valence-corrected chi connectivity index (χ2v) is 5.62. The van der Waals surface area contributed by atoms with Crippen molar-refractivity contribution < 1.29 is 27.9 Å². The van der Waals surface area contributed by atoms with Crippen LogP contribution < -0.4 is 5.32 Å². The smallest absolute Gasteiger partial charge is 0.391 e. The molecule has 1 saturated heterocycles. The zero-order chi connectivity index (χ0) is 16.3. The molecular formula is C13H21F3N2O3. The average Bonchev–Trinajstić information content (AvgIpc) is 2.37. The number of likely N-dealkylation sites (tertiary alicyclic amines) is 1. The third-order valence-electron chi connectivity index (χ3n) is 3.85. The highest BCUT2D eigenvalue weighted by molar-refractivity contribution is 5.85. The molecule has 1 fully saturated rings. The Labute approximate surface area is 121 Å². The van der Waals surface area contributed by atoms with E-state index >= 15 is 0 Å². The highest BCUT2D eigenvalue weighted by atomic mass is 19.4. The lowest BCUT2D eigenvalue weighted by Crippen LogP contribution is -2.57. The van der Waals surface area contributed by atoms with E-state index < -0.39 is 29.6 Å². The van der Waals surface area contributed by atoms with Gasteiger partial charge >= 0.3 is 18.2 Å². The van der Waals surface area contributed by atoms with Crippen molar-refractivity contribution in [2.75, 3.05) is 13.1 Å². The van der Waals surface area contributed by atoms with E-state index in [4.69, 9.17) is 0 Å². The van der Waals surface area contributed by atoms with E-state index in [0.29, 0.717) is 6.42 Å². The number of aliphatic carboxylic acids is 1. The molecule has 0 aromatic rings. The van der Waals surface area contributed by atoms with E-state index in [1.54, 1.807) is 6.92 Å². The zero-order valence-corrected chi connectivity index (χ0v) is 12.2. The number of hydrogen-bond acceptors (Lipinski definition) is 2. The first-order valence-electron chi connectivity index (χ1n) is 6.97. The van der Waals surface area contributed by atoms with E-state index in [1.807, 2.05) is 0 Å². The SMILES string of the molecule is CCCC(C)(NC(=O)N1CCC(C(F)(F)F)CC1)C(=O)O. The van der Waals surface area contributed by atoms with E-state index in [-0.39, 0.29) is 32.4 Å². The normalized spacial score (nSPS) is 20.0. The molecule has 1 heterocycles. The van der Waals surface area contributed by atoms with Crippen molar-refractivity contribution in [2.24, 2.45) is 5.92 Å². The van der Waals surface area contributed by atoms with Crippen LogP contribution in [0.4, 0.5) is 18.0 Å². The lowest BCUT2D eigenvalue weighted by Gasteiger charge is -2.35. The quantitative estimate of drug-likeness (QED) is 0.838. The maximum absolute atomic E-state index is 12.6. The van der Waals surface area contributed by atoms with Crippen LogP contribution in [0.1, 0.15) is 39.5 Å². The number of rotatable bonds is 4. The number of nitrogens with one attached hydrogen (secondary N) is 1. The standard InChI is InChI=1S/C13H21F3N2O3/c1-3-6-12(2,10(19)20)17-11(21)18-7-4-9(5-8-18)13(14,15)16/h9H,3-8H2,1-2H3,(H,17,21)(H,19,20). The summed E-state index contributed by atoms with van der Waals surface area (Å²) in [6.07, 6.45) is -3.70. The van der Waals surface area contributed by atoms with Gasteiger partial charge in [-0.2, -0.15) is 13.2 Å². The first-order valence-corrected chi connectivity index (χ1v) is 6.97. The third-order valence-corrected chi connectivity index (χ3v) is 3.85. The molecule has 1 aliphatic rings. The lowest BCUT2D eigenvalue weighted by atomic mass is 9.95. The summed E-state index contributed by atoms with van der Waals surface area (Å²) in [6.45, 7) is 3.16. The van der Waals surface area contributed by atoms with Gasteiger partial charge in [0.15, 0.2) is 0 Å². The van der Waals surface area contributed by atoms with Gasteiger partial charge in [-0.15, -0.1) is 0 Å². The first kappa shape index (κ1) is 17.6. The fourth-order valence-corrected chi connectivity index (χ4v) is 2.45. The Kier molecular flexibility index (Phi) is 5.47. The van der Waals surface area contributed by atoms with Crippen LogP contribution in [0.15, 0.2) is 0 Å². The summed E-state index contributed by atoms with van der Waals surface area (Å²) in [5.74, 6) is -2.54. The van der Waals surface area contributed by atoms with E-state index in [0.717, 1.165) is 0 Å². The third kappa shape index (κ3) is 4.50. The Balaban J connectivity index is 2.60. The Morgan fingerprint density at radius 3 is 2.19 bits per heavy atom. The average molecular weight is 310 g/mol. The number of carbonyl (C=O) groups excluding carboxylic acids is 1. The van der Waals surface area contributed by atoms with Crippen LogP contribution in [0, 0.1) is 5.92 Å². The second-order valence-electron chi connectivity index (χ2n) is 5.62. The second kappa shape index (κ2) is 6.53. The Morgan fingerprint density at radius 2 is 1.81 bits per heavy atom. The van der Waals surface area contributed by atoms with E-state index in [9.17, 15) is 27.9 Å². The van der Waals surface area contributed by atoms with Gasteiger partial charge < -0.3 is 15.3 Å². The zero-order valence-electron chi connectivity index (χ0n) is 12.2. The number of urea groups is 1. The van der Waals surface area contributed by atoms with Gasteiger partial charge in [0.05, 0.1) is 5.92 Å². The maximum Gasteiger partial charge on any atom is 0.391 e. The van der Waals surface area contributed by atoms with Crippen LogP contribution >= 0.6 is 0 Å². The van der Waals surface area contributed by atoms with Gasteiger partial charge in [0.2, 0.25) is 0 Å². The van der Waals surface area contributed by atoms with Crippen molar-refractivity contribution in [2.45, 2.75) is 51.2 Å². The number of carboxylic acid groups (broad SMARTS) is 1. The number of hydrogen-bond donors (Lipinski definition) is 2. The summed E-state index contributed by atoms with van der Waals surface area (Å²) in [7, 11) is 0. The first-order chi connectivity index (χ1) is 9.60. The van der Waals surface area contributed by atoms with Gasteiger partial charge in [-0.05, 0) is 26.2 Å². The van der Waals surface area contributed by atoms with Crippen molar-refractivity contribution in [3.05, 3.63) is 0 Å². The lowest BCUT2D eigenvalue weighted by molar-refractivity contribution is -0.183. The fourth-order valence-electron chi connectivity index (χ4n) is 2.45. The number of nitrogens with zero attached hydrogens (tertiary/aromatic N) is 1. The highest BCUT2D eigenvalue weighted by Crippen LogP contribution is 2.34. The van der Waals surface area contributed by atoms with Crippen molar-refractivity contribution in [3.8, 4) is 0 Å². The minimum Gasteiger partial charge on any atom is -0.480 e. The fraction of sp³-hybridized carbons (Fsp3) is 0.846. The molecule has 122 valence electrons. The molecule has 2 N–H and O–H groups in total. The number of alkyl halides is 3. The summed E-state index contributed by atoms with van der Waals surface area (Å²) in [4.78, 5) is 24.5. The van der Waals surface area contributed by atoms with Gasteiger partial charge in [-0.1, -0.05) is 13.3 Å². The van der Waals surface area contributed by atoms with Crippen LogP contribution in [0.3, 0.4) is 0 Å². The molecule has 0 bridgehead atoms. The van der Waals surface area contributed by atoms with E-state index in [1.165, 1.54) is 11.8 Å². The van der Waals surface area contributed by atoms with Gasteiger partial charge in [0.25, 0.3) is 0 Å². The molecule has 21 heavy (non-hydrogen) atoms. The van der Waals surface area contributed by atoms with Crippen LogP contribution in [-0.2, 0) is 4.79 Å². The largest absolute Gasteiger partial charge is 0.480 e. The Hall–Kier alpha value is -1.47. The predicted octanol–water partition coefficient (Wildman–Crippen LogP) is 2.61. The molecule has 0 saturated carbocycles. The molecule has 0 aromatic carbocycles. The van der Waals surface area contributed by atoms with Crippen LogP contribution in [-0.4, -0.2) is 46.8 Å². The van der Waals surface area contributed by atoms with Crippen molar-refractivity contribution in [3.63, 3.8) is 0 Å². The molecular weight excluding hydrogens is 289 g/mol. The minimum absolute atomic E-state index is 0.0160. The summed E-state index contributed by atoms with van der Waals surface area (Å²) in [6, 6.07) is -0.617. The molecule has 8 heteroatoms. The number of piperidine rings is 1. The van der Waals surface area contributed by atoms with Crippen molar-refractivity contribution >= 4 is 12.0 Å². The molecule has 0 aliphatic carbocycles. The van der Waals surface area contributed by atoms with Gasteiger partial charge in [0, 0.05) is 13.1 Å². The molecule has 1 atom stereocenters. The summed E-state index contributed by atoms with van der Waals surface area (Å²) in [5, 5.41) is 11.6. The highest BCUT2D eigenvalue weighted by Gasteiger charge is 2.42. The van der Waals surface area contributed by atoms with Crippen LogP contribution in [0.5, 0.6) is 0 Å². The summed E-state index contributed by atoms with van der Waals surface area (Å²) in [5.41, 5.74) is -1.40. The van der Waals surface area contributed by atoms with E-state index in [2.05, 4.69) is 5.32 Å². The number of halogens is 3. The van der Waals surface area contributed by atoms with Crippen molar-refractivity contribution in [1.29, 1.82) is 0 Å². The van der Waals surface area contributed by atoms with Gasteiger partial charge in [-0.25, -0.2) is 9.59 Å². The predicted molar refractivity (Wildman–Crippen MR) is 69.8 cm³/mol. The number of amides is 2. The molecule has 5 nitrogen and oxygen atoms in total. The summed E-state index contributed by atoms with van der Waals surface area (Å²) < 4.78 is 37.7. The maximum atomic E-state index is 12.6. The number of carbonyl (C=O) groups is 2. The molecule has 0 aromatic heterocycles. The topological polar surface area (TPSA) is 69.6 Å². The molecule has 0 radical (unpaired) electrons. The minimum atomic E-state index is -4.24. The van der Waals surface area contributed by atoms with Crippen LogP contribution in [0.25, 0.3) is 0 Å². The number of carboxylic acids is 1. The molecule has 1 unspecified atom stereocenters. The van der Waals surface area contributed by atoms with Gasteiger partial charge in [-0.3, -0.25) is 0 Å². The van der Waals surface area contributed by atoms with Crippen LogP contribution in [0.2, 0.25) is 0 Å². The van der Waals surface area contributed by atoms with Gasteiger partial charge in [0.1, 0.15) is 5.54 Å². The summed E-state index contributed by atoms with van der Waals surface area (Å²) >= 11 is 0. The monoisotopic (exact) mass is 310 g/mol. The Bertz CT molecular complexity index is 393. The molecule has 1 rings (SSSR count). The molecule has 1 aliphatic heterocycles.